The summed E-state index contributed by atoms with van der Waals surface area (Å²) in [5.41, 5.74) is 1.99. The number of rotatable bonds is 8. The number of likely N-dealkylation sites (N-methyl/N-ethyl adjacent to an activating group) is 1. The molecule has 0 aliphatic carbocycles. The third-order valence-electron chi connectivity index (χ3n) is 2.79. The van der Waals surface area contributed by atoms with Crippen LogP contribution in [0.2, 0.25) is 0 Å². The summed E-state index contributed by atoms with van der Waals surface area (Å²) in [6, 6.07) is 7.18. The highest BCUT2D eigenvalue weighted by Gasteiger charge is 2.17. The van der Waals surface area contributed by atoms with Crippen LogP contribution < -0.4 is 5.32 Å². The van der Waals surface area contributed by atoms with Crippen molar-refractivity contribution in [2.24, 2.45) is 15.5 Å². The summed E-state index contributed by atoms with van der Waals surface area (Å²) in [5.74, 6) is -0.364. The number of nitrogens with zero attached hydrogens (tertiary/aromatic N) is 3. The molecule has 0 saturated carbocycles. The molecule has 0 radical (unpaired) electrons. The Bertz CT molecular complexity index is 659. The lowest BCUT2D eigenvalue weighted by Crippen LogP contribution is -2.29. The summed E-state index contributed by atoms with van der Waals surface area (Å²) >= 11 is 3.23. The van der Waals surface area contributed by atoms with E-state index in [1.807, 2.05) is 12.1 Å². The molecule has 9 heteroatoms. The van der Waals surface area contributed by atoms with E-state index in [1.165, 1.54) is 21.3 Å². The summed E-state index contributed by atoms with van der Waals surface area (Å²) < 4.78 is 0.402. The van der Waals surface area contributed by atoms with Crippen molar-refractivity contribution in [3.8, 4) is 0 Å². The molecule has 0 fully saturated rings. The molecule has 0 aromatic heterocycles. The Morgan fingerprint density at radius 2 is 1.83 bits per heavy atom. The fourth-order valence-corrected chi connectivity index (χ4v) is 1.87. The average molecular weight is 399 g/mol. The molecule has 0 saturated heterocycles. The van der Waals surface area contributed by atoms with Crippen molar-refractivity contribution in [2.45, 2.75) is 13.5 Å². The van der Waals surface area contributed by atoms with Gasteiger partial charge in [0.15, 0.2) is 10.3 Å². The smallest absolute Gasteiger partial charge is 0.273 e. The molecule has 0 aliphatic rings. The molecule has 0 atom stereocenters. The van der Waals surface area contributed by atoms with Gasteiger partial charge in [0.1, 0.15) is 26.5 Å². The van der Waals surface area contributed by atoms with E-state index < -0.39 is 0 Å². The number of benzene rings is 1. The molecular weight excluding hydrogens is 380 g/mol. The van der Waals surface area contributed by atoms with E-state index in [1.54, 1.807) is 19.1 Å². The zero-order chi connectivity index (χ0) is 17.9. The molecule has 1 aromatic rings. The van der Waals surface area contributed by atoms with Crippen molar-refractivity contribution in [1.29, 1.82) is 0 Å². The van der Waals surface area contributed by atoms with E-state index in [2.05, 4.69) is 41.6 Å². The van der Waals surface area contributed by atoms with Crippen LogP contribution in [0.1, 0.15) is 18.1 Å². The molecule has 0 aliphatic heterocycles. The first kappa shape index (κ1) is 19.6. The van der Waals surface area contributed by atoms with Gasteiger partial charge in [0.25, 0.3) is 5.91 Å². The van der Waals surface area contributed by atoms with Crippen molar-refractivity contribution in [2.75, 3.05) is 21.3 Å². The Hall–Kier alpha value is -2.42. The van der Waals surface area contributed by atoms with Crippen LogP contribution in [-0.2, 0) is 25.9 Å². The fraction of sp³-hybridized carbons (Fsp3) is 0.333. The molecule has 1 rings (SSSR count). The van der Waals surface area contributed by atoms with Crippen molar-refractivity contribution < 1.29 is 19.3 Å². The normalized spacial score (nSPS) is 12.6. The summed E-state index contributed by atoms with van der Waals surface area (Å²) in [7, 11) is 4.34. The van der Waals surface area contributed by atoms with Crippen molar-refractivity contribution >= 4 is 37.9 Å². The fourth-order valence-electron chi connectivity index (χ4n) is 1.70. The second-order valence-corrected chi connectivity index (χ2v) is 5.12. The van der Waals surface area contributed by atoms with E-state index in [4.69, 9.17) is 9.68 Å². The molecule has 1 N–H and O–H groups in total. The molecule has 0 spiro atoms. The minimum Gasteiger partial charge on any atom is -0.399 e. The van der Waals surface area contributed by atoms with Crippen LogP contribution in [0.15, 0.2) is 39.7 Å². The predicted molar refractivity (Wildman–Crippen MR) is 95.3 cm³/mol. The number of halogens is 1. The summed E-state index contributed by atoms with van der Waals surface area (Å²) in [5, 5.41) is 13.9. The van der Waals surface area contributed by atoms with Crippen LogP contribution in [0.3, 0.4) is 0 Å². The monoisotopic (exact) mass is 398 g/mol. The highest BCUT2D eigenvalue weighted by molar-refractivity contribution is 9.19. The van der Waals surface area contributed by atoms with Gasteiger partial charge in [-0.05, 0) is 22.9 Å². The molecule has 130 valence electrons. The van der Waals surface area contributed by atoms with Gasteiger partial charge in [0.2, 0.25) is 0 Å². The number of carbonyl (C=O) groups is 1. The van der Waals surface area contributed by atoms with Gasteiger partial charge in [0.05, 0.1) is 0 Å². The highest BCUT2D eigenvalue weighted by Crippen LogP contribution is 2.13. The number of carbonyl (C=O) groups excluding carboxylic acids is 1. The van der Waals surface area contributed by atoms with Crippen molar-refractivity contribution in [3.63, 3.8) is 0 Å². The van der Waals surface area contributed by atoms with Gasteiger partial charge in [-0.1, -0.05) is 39.7 Å². The number of hydrogen-bond acceptors (Lipinski definition) is 7. The van der Waals surface area contributed by atoms with Crippen LogP contribution >= 0.6 is 15.9 Å². The number of amides is 1. The van der Waals surface area contributed by atoms with E-state index in [-0.39, 0.29) is 18.2 Å². The Balaban J connectivity index is 2.99. The lowest BCUT2D eigenvalue weighted by molar-refractivity contribution is -0.114. The van der Waals surface area contributed by atoms with E-state index in [0.29, 0.717) is 15.9 Å². The topological polar surface area (TPSA) is 93.9 Å². The zero-order valence-electron chi connectivity index (χ0n) is 13.9. The molecule has 0 heterocycles. The van der Waals surface area contributed by atoms with Gasteiger partial charge in [-0.25, -0.2) is 0 Å². The van der Waals surface area contributed by atoms with Crippen molar-refractivity contribution in [1.82, 2.24) is 5.32 Å². The van der Waals surface area contributed by atoms with Gasteiger partial charge < -0.3 is 19.8 Å². The Labute approximate surface area is 148 Å². The quantitative estimate of drug-likeness (QED) is 0.535. The lowest BCUT2D eigenvalue weighted by Gasteiger charge is -2.10. The van der Waals surface area contributed by atoms with E-state index in [9.17, 15) is 4.79 Å². The number of hydrogen-bond donors (Lipinski definition) is 1. The first-order valence-corrected chi connectivity index (χ1v) is 7.69. The van der Waals surface area contributed by atoms with Crippen LogP contribution in [0.25, 0.3) is 0 Å². The Morgan fingerprint density at radius 1 is 1.17 bits per heavy atom. The van der Waals surface area contributed by atoms with Crippen LogP contribution in [0, 0.1) is 0 Å². The van der Waals surface area contributed by atoms with Crippen molar-refractivity contribution in [3.05, 3.63) is 35.4 Å². The van der Waals surface area contributed by atoms with Gasteiger partial charge in [-0.15, -0.1) is 0 Å². The maximum atomic E-state index is 12.0. The summed E-state index contributed by atoms with van der Waals surface area (Å²) in [6.07, 6.45) is 0. The minimum atomic E-state index is -0.364. The second kappa shape index (κ2) is 10.4. The van der Waals surface area contributed by atoms with Gasteiger partial charge in [0, 0.05) is 18.2 Å². The molecule has 24 heavy (non-hydrogen) atoms. The Kier molecular flexibility index (Phi) is 8.48. The number of oxime groups is 3. The van der Waals surface area contributed by atoms with Crippen LogP contribution in [-0.4, -0.2) is 43.2 Å². The van der Waals surface area contributed by atoms with Gasteiger partial charge >= 0.3 is 0 Å². The second-order valence-electron chi connectivity index (χ2n) is 4.37. The molecular formula is C15H19BrN4O4. The Morgan fingerprint density at radius 3 is 2.46 bits per heavy atom. The van der Waals surface area contributed by atoms with Crippen LogP contribution in [0.5, 0.6) is 0 Å². The third-order valence-corrected chi connectivity index (χ3v) is 3.51. The lowest BCUT2D eigenvalue weighted by atomic mass is 10.0. The predicted octanol–water partition coefficient (Wildman–Crippen LogP) is 2.03. The van der Waals surface area contributed by atoms with E-state index >= 15 is 0 Å². The maximum Gasteiger partial charge on any atom is 0.273 e. The number of nitrogens with one attached hydrogen (secondary N) is 1. The molecule has 8 nitrogen and oxygen atoms in total. The maximum absolute atomic E-state index is 12.0. The van der Waals surface area contributed by atoms with E-state index in [0.717, 1.165) is 5.56 Å². The summed E-state index contributed by atoms with van der Waals surface area (Å²) in [4.78, 5) is 26.7. The molecule has 0 unspecified atom stereocenters. The van der Waals surface area contributed by atoms with Crippen LogP contribution in [0.4, 0.5) is 0 Å². The first-order valence-electron chi connectivity index (χ1n) is 6.90. The third kappa shape index (κ3) is 5.65. The largest absolute Gasteiger partial charge is 0.399 e. The standard InChI is InChI=1S/C15H19BrN4O4/c1-10(18-22-3)14(16)20-24-9-11-7-5-6-8-12(11)13(19-23-4)15(21)17-2/h5-8H,9H2,1-4H3,(H,17,21)/b18-10+,19-13+,20-14-. The van der Waals surface area contributed by atoms with Gasteiger partial charge in [-0.2, -0.15) is 0 Å². The summed E-state index contributed by atoms with van der Waals surface area (Å²) in [6.45, 7) is 1.84. The molecule has 1 aromatic carbocycles. The molecule has 0 bridgehead atoms. The van der Waals surface area contributed by atoms with Gasteiger partial charge in [-0.3, -0.25) is 4.79 Å². The SMILES string of the molecule is CNC(=O)/C(=N/OC)c1ccccc1CO/N=C(Br)/C(C)=N/OC. The highest BCUT2D eigenvalue weighted by atomic mass is 79.9. The molecule has 1 amide bonds. The minimum absolute atomic E-state index is 0.130. The first-order chi connectivity index (χ1) is 11.5. The average Bonchev–Trinajstić information content (AvgIpc) is 2.59. The zero-order valence-corrected chi connectivity index (χ0v) is 15.5.